The number of furan rings is 1. The van der Waals surface area contributed by atoms with Crippen LogP contribution in [-0.2, 0) is 16.6 Å². The average Bonchev–Trinajstić information content (AvgIpc) is 2.86. The summed E-state index contributed by atoms with van der Waals surface area (Å²) in [6.45, 7) is 7.89. The lowest BCUT2D eigenvalue weighted by molar-refractivity contribution is 0.321. The zero-order valence-electron chi connectivity index (χ0n) is 12.5. The van der Waals surface area contributed by atoms with E-state index in [4.69, 9.17) is 4.42 Å². The first-order valence-corrected chi connectivity index (χ1v) is 8.57. The van der Waals surface area contributed by atoms with Crippen LogP contribution in [0, 0.1) is 0 Å². The van der Waals surface area contributed by atoms with E-state index in [9.17, 15) is 8.42 Å². The molecule has 0 saturated carbocycles. The van der Waals surface area contributed by atoms with E-state index in [2.05, 4.69) is 26.1 Å². The van der Waals surface area contributed by atoms with Crippen LogP contribution < -0.4 is 5.32 Å². The zero-order valence-corrected chi connectivity index (χ0v) is 13.3. The number of hydrogen-bond donors (Lipinski definition) is 1. The molecule has 1 saturated heterocycles. The van der Waals surface area contributed by atoms with E-state index >= 15 is 0 Å². The molecule has 0 atom stereocenters. The second-order valence-electron chi connectivity index (χ2n) is 6.29. The van der Waals surface area contributed by atoms with Crippen LogP contribution in [0.2, 0.25) is 0 Å². The highest BCUT2D eigenvalue weighted by atomic mass is 32.2. The lowest BCUT2D eigenvalue weighted by Crippen LogP contribution is -2.35. The predicted octanol–water partition coefficient (Wildman–Crippen LogP) is 2.34. The molecule has 2 rings (SSSR count). The van der Waals surface area contributed by atoms with Crippen LogP contribution in [0.4, 0.5) is 0 Å². The Morgan fingerprint density at radius 2 is 1.85 bits per heavy atom. The van der Waals surface area contributed by atoms with Crippen molar-refractivity contribution in [3.63, 3.8) is 0 Å². The highest BCUT2D eigenvalue weighted by molar-refractivity contribution is 7.89. The molecule has 1 aliphatic heterocycles. The van der Waals surface area contributed by atoms with Crippen molar-refractivity contribution >= 4 is 10.0 Å². The molecule has 0 radical (unpaired) electrons. The molecule has 1 N–H and O–H groups in total. The summed E-state index contributed by atoms with van der Waals surface area (Å²) in [6, 6.07) is 3.29. The molecule has 5 nitrogen and oxygen atoms in total. The first-order valence-electron chi connectivity index (χ1n) is 7.13. The van der Waals surface area contributed by atoms with Gasteiger partial charge in [0, 0.05) is 18.6 Å². The third-order valence-corrected chi connectivity index (χ3v) is 5.11. The zero-order chi connectivity index (χ0) is 14.8. The highest BCUT2D eigenvalue weighted by Crippen LogP contribution is 2.22. The highest BCUT2D eigenvalue weighted by Gasteiger charge is 2.28. The van der Waals surface area contributed by atoms with E-state index in [1.54, 1.807) is 12.1 Å². The standard InChI is InChI=1S/C14H24N2O3S/c1-14(2,3)15-11-12-7-8-13(19-12)20(17,18)16-9-5-4-6-10-16/h7-8,15H,4-6,9-11H2,1-3H3. The molecule has 0 amide bonds. The summed E-state index contributed by atoms with van der Waals surface area (Å²) >= 11 is 0. The number of piperidine rings is 1. The van der Waals surface area contributed by atoms with Crippen LogP contribution in [0.1, 0.15) is 45.8 Å². The maximum Gasteiger partial charge on any atom is 0.276 e. The summed E-state index contributed by atoms with van der Waals surface area (Å²) in [5.74, 6) is 0.649. The van der Waals surface area contributed by atoms with E-state index in [-0.39, 0.29) is 10.6 Å². The fraction of sp³-hybridized carbons (Fsp3) is 0.714. The van der Waals surface area contributed by atoms with Crippen molar-refractivity contribution in [2.75, 3.05) is 13.1 Å². The van der Waals surface area contributed by atoms with Crippen molar-refractivity contribution in [2.24, 2.45) is 0 Å². The topological polar surface area (TPSA) is 62.6 Å². The van der Waals surface area contributed by atoms with Gasteiger partial charge >= 0.3 is 0 Å². The maximum atomic E-state index is 12.4. The minimum atomic E-state index is -3.46. The lowest BCUT2D eigenvalue weighted by Gasteiger charge is -2.24. The summed E-state index contributed by atoms with van der Waals surface area (Å²) in [6.07, 6.45) is 2.96. The second-order valence-corrected chi connectivity index (χ2v) is 8.16. The van der Waals surface area contributed by atoms with Crippen molar-refractivity contribution in [2.45, 2.75) is 57.2 Å². The van der Waals surface area contributed by atoms with Crippen LogP contribution in [-0.4, -0.2) is 31.4 Å². The quantitative estimate of drug-likeness (QED) is 0.927. The average molecular weight is 300 g/mol. The normalized spacial score (nSPS) is 18.4. The Labute approximate surface area is 121 Å². The molecular formula is C14H24N2O3S. The van der Waals surface area contributed by atoms with E-state index in [1.807, 2.05) is 0 Å². The van der Waals surface area contributed by atoms with E-state index in [0.29, 0.717) is 25.4 Å². The monoisotopic (exact) mass is 300 g/mol. The number of hydrogen-bond acceptors (Lipinski definition) is 4. The van der Waals surface area contributed by atoms with Gasteiger partial charge in [0.2, 0.25) is 5.09 Å². The maximum absolute atomic E-state index is 12.4. The molecule has 2 heterocycles. The molecule has 6 heteroatoms. The van der Waals surface area contributed by atoms with Crippen molar-refractivity contribution < 1.29 is 12.8 Å². The minimum Gasteiger partial charge on any atom is -0.447 e. The largest absolute Gasteiger partial charge is 0.447 e. The van der Waals surface area contributed by atoms with E-state index < -0.39 is 10.0 Å². The van der Waals surface area contributed by atoms with E-state index in [1.165, 1.54) is 4.31 Å². The first-order chi connectivity index (χ1) is 9.29. The Bertz CT molecular complexity index is 537. The molecule has 1 aromatic rings. The van der Waals surface area contributed by atoms with E-state index in [0.717, 1.165) is 19.3 Å². The van der Waals surface area contributed by atoms with Crippen LogP contribution in [0.3, 0.4) is 0 Å². The van der Waals surface area contributed by atoms with Gasteiger partial charge in [-0.25, -0.2) is 8.42 Å². The van der Waals surface area contributed by atoms with Gasteiger partial charge in [0.15, 0.2) is 0 Å². The van der Waals surface area contributed by atoms with Crippen LogP contribution in [0.15, 0.2) is 21.6 Å². The Hall–Kier alpha value is -0.850. The van der Waals surface area contributed by atoms with Crippen molar-refractivity contribution in [1.82, 2.24) is 9.62 Å². The Kier molecular flexibility index (Phi) is 4.56. The Morgan fingerprint density at radius 3 is 2.45 bits per heavy atom. The van der Waals surface area contributed by atoms with Crippen LogP contribution >= 0.6 is 0 Å². The van der Waals surface area contributed by atoms with Crippen molar-refractivity contribution in [3.05, 3.63) is 17.9 Å². The molecule has 1 aromatic heterocycles. The Balaban J connectivity index is 2.07. The molecule has 0 unspecified atom stereocenters. The van der Waals surface area contributed by atoms with Gasteiger partial charge in [0.1, 0.15) is 5.76 Å². The fourth-order valence-electron chi connectivity index (χ4n) is 2.18. The number of nitrogens with one attached hydrogen (secondary N) is 1. The number of sulfonamides is 1. The molecule has 0 aliphatic carbocycles. The molecule has 0 aromatic carbocycles. The predicted molar refractivity (Wildman–Crippen MR) is 77.9 cm³/mol. The van der Waals surface area contributed by atoms with Crippen LogP contribution in [0.25, 0.3) is 0 Å². The molecule has 20 heavy (non-hydrogen) atoms. The summed E-state index contributed by atoms with van der Waals surface area (Å²) in [5.41, 5.74) is -0.0291. The molecule has 114 valence electrons. The Morgan fingerprint density at radius 1 is 1.20 bits per heavy atom. The summed E-state index contributed by atoms with van der Waals surface area (Å²) in [4.78, 5) is 0. The van der Waals surface area contributed by atoms with Crippen molar-refractivity contribution in [3.8, 4) is 0 Å². The fourth-order valence-corrected chi connectivity index (χ4v) is 3.62. The summed E-state index contributed by atoms with van der Waals surface area (Å²) in [7, 11) is -3.46. The third-order valence-electron chi connectivity index (χ3n) is 3.34. The number of rotatable bonds is 4. The van der Waals surface area contributed by atoms with Crippen LogP contribution in [0.5, 0.6) is 0 Å². The molecular weight excluding hydrogens is 276 g/mol. The van der Waals surface area contributed by atoms with Gasteiger partial charge in [-0.2, -0.15) is 4.31 Å². The molecule has 0 spiro atoms. The van der Waals surface area contributed by atoms with Gasteiger partial charge in [-0.15, -0.1) is 0 Å². The van der Waals surface area contributed by atoms with Gasteiger partial charge in [0.05, 0.1) is 6.54 Å². The second kappa shape index (κ2) is 5.87. The summed E-state index contributed by atoms with van der Waals surface area (Å²) in [5, 5.41) is 3.34. The van der Waals surface area contributed by atoms with Gasteiger partial charge in [-0.1, -0.05) is 6.42 Å². The molecule has 0 bridgehead atoms. The van der Waals surface area contributed by atoms with Gasteiger partial charge in [-0.05, 0) is 45.7 Å². The van der Waals surface area contributed by atoms with Gasteiger partial charge < -0.3 is 9.73 Å². The first kappa shape index (κ1) is 15.5. The third kappa shape index (κ3) is 3.84. The van der Waals surface area contributed by atoms with Gasteiger partial charge in [0.25, 0.3) is 10.0 Å². The SMILES string of the molecule is CC(C)(C)NCc1ccc(S(=O)(=O)N2CCCCC2)o1. The van der Waals surface area contributed by atoms with Gasteiger partial charge in [-0.3, -0.25) is 0 Å². The smallest absolute Gasteiger partial charge is 0.276 e. The number of nitrogens with zero attached hydrogens (tertiary/aromatic N) is 1. The van der Waals surface area contributed by atoms with Crippen molar-refractivity contribution in [1.29, 1.82) is 0 Å². The molecule has 1 fully saturated rings. The lowest BCUT2D eigenvalue weighted by atomic mass is 10.1. The summed E-state index contributed by atoms with van der Waals surface area (Å²) < 4.78 is 31.9. The molecule has 1 aliphatic rings. The minimum absolute atomic E-state index is 0.0291.